The van der Waals surface area contributed by atoms with Crippen molar-refractivity contribution < 1.29 is 8.42 Å². The quantitative estimate of drug-likeness (QED) is 0.433. The summed E-state index contributed by atoms with van der Waals surface area (Å²) in [6.07, 6.45) is 8.24. The van der Waals surface area contributed by atoms with Crippen LogP contribution in [0.2, 0.25) is 0 Å². The predicted octanol–water partition coefficient (Wildman–Crippen LogP) is 4.41. The zero-order valence-corrected chi connectivity index (χ0v) is 19.2. The molecule has 0 bridgehead atoms. The second-order valence-corrected chi connectivity index (χ2v) is 10.5. The summed E-state index contributed by atoms with van der Waals surface area (Å²) in [5.41, 5.74) is 5.18. The first-order valence-electron chi connectivity index (χ1n) is 11.0. The van der Waals surface area contributed by atoms with Crippen molar-refractivity contribution in [3.8, 4) is 11.1 Å². The zero-order valence-electron chi connectivity index (χ0n) is 18.4. The van der Waals surface area contributed by atoms with Crippen LogP contribution in [0, 0.1) is 5.41 Å². The second kappa shape index (κ2) is 10.4. The van der Waals surface area contributed by atoms with Crippen molar-refractivity contribution in [3.63, 3.8) is 0 Å². The molecule has 0 unspecified atom stereocenters. The summed E-state index contributed by atoms with van der Waals surface area (Å²) >= 11 is 0. The highest BCUT2D eigenvalue weighted by molar-refractivity contribution is 7.91. The molecule has 2 aromatic carbocycles. The summed E-state index contributed by atoms with van der Waals surface area (Å²) < 4.78 is 23.6. The Labute approximate surface area is 195 Å². The van der Waals surface area contributed by atoms with E-state index in [0.29, 0.717) is 25.1 Å². The van der Waals surface area contributed by atoms with E-state index in [4.69, 9.17) is 5.41 Å². The number of aromatic nitrogens is 1. The normalized spacial score (nSPS) is 15.9. The van der Waals surface area contributed by atoms with Crippen LogP contribution in [-0.2, 0) is 16.4 Å². The average molecular weight is 461 g/mol. The smallest absolute Gasteiger partial charge is 0.150 e. The summed E-state index contributed by atoms with van der Waals surface area (Å²) in [6.45, 7) is 0.628. The van der Waals surface area contributed by atoms with Gasteiger partial charge in [0.2, 0.25) is 0 Å². The molecular weight excluding hydrogens is 432 g/mol. The fraction of sp³-hybridized carbons (Fsp3) is 0.231. The predicted molar refractivity (Wildman–Crippen MR) is 134 cm³/mol. The van der Waals surface area contributed by atoms with E-state index < -0.39 is 9.84 Å². The molecule has 0 saturated carbocycles. The van der Waals surface area contributed by atoms with Crippen LogP contribution >= 0.6 is 0 Å². The molecule has 3 aromatic rings. The largest absolute Gasteiger partial charge is 0.387 e. The molecule has 3 N–H and O–H groups in total. The molecule has 0 radical (unpaired) electrons. The zero-order chi connectivity index (χ0) is 23.1. The molecule has 0 spiro atoms. The highest BCUT2D eigenvalue weighted by Crippen LogP contribution is 2.28. The summed E-state index contributed by atoms with van der Waals surface area (Å²) in [7, 11) is -2.92. The van der Waals surface area contributed by atoms with Crippen LogP contribution in [0.5, 0.6) is 0 Å². The van der Waals surface area contributed by atoms with Gasteiger partial charge in [-0.3, -0.25) is 4.98 Å². The second-order valence-electron chi connectivity index (χ2n) is 8.19. The molecule has 0 amide bonds. The Balaban J connectivity index is 1.53. The minimum Gasteiger partial charge on any atom is -0.387 e. The fourth-order valence-electron chi connectivity index (χ4n) is 3.87. The van der Waals surface area contributed by atoms with Crippen LogP contribution in [0.1, 0.15) is 24.0 Å². The van der Waals surface area contributed by atoms with Gasteiger partial charge >= 0.3 is 0 Å². The molecule has 1 fully saturated rings. The third-order valence-corrected chi connectivity index (χ3v) is 7.44. The standard InChI is InChI=1S/C26H28N4O2S/c27-25(10-14-29-19-20-5-4-13-28-18-20)24-17-22(21-6-2-1-3-7-21)8-9-26(24)30-23-11-15-33(31,32)16-12-23/h1-10,13-14,17-18,23,27,29-30H,11-12,15-16,19H2/b14-10-,27-25?. The summed E-state index contributed by atoms with van der Waals surface area (Å²) in [5.74, 6) is 0.412. The van der Waals surface area contributed by atoms with Gasteiger partial charge in [-0.25, -0.2) is 8.42 Å². The molecule has 1 aromatic heterocycles. The Morgan fingerprint density at radius 3 is 2.55 bits per heavy atom. The molecule has 0 aliphatic carbocycles. The van der Waals surface area contributed by atoms with E-state index in [1.165, 1.54) is 0 Å². The van der Waals surface area contributed by atoms with Gasteiger partial charge in [0, 0.05) is 36.2 Å². The SMILES string of the molecule is N=C(/C=C\NCc1cccnc1)c1cc(-c2ccccc2)ccc1NC1CCS(=O)(=O)CC1. The monoisotopic (exact) mass is 460 g/mol. The first-order valence-corrected chi connectivity index (χ1v) is 12.9. The Morgan fingerprint density at radius 1 is 1.03 bits per heavy atom. The third kappa shape index (κ3) is 6.29. The molecule has 4 rings (SSSR count). The van der Waals surface area contributed by atoms with Crippen LogP contribution in [0.25, 0.3) is 11.1 Å². The van der Waals surface area contributed by atoms with E-state index in [1.54, 1.807) is 18.5 Å². The van der Waals surface area contributed by atoms with Crippen molar-refractivity contribution in [2.45, 2.75) is 25.4 Å². The maximum atomic E-state index is 11.8. The minimum atomic E-state index is -2.92. The number of nitrogens with one attached hydrogen (secondary N) is 3. The minimum absolute atomic E-state index is 0.0790. The molecule has 2 heterocycles. The van der Waals surface area contributed by atoms with Crippen molar-refractivity contribution in [2.24, 2.45) is 0 Å². The van der Waals surface area contributed by atoms with Gasteiger partial charge in [-0.05, 0) is 60.0 Å². The highest BCUT2D eigenvalue weighted by atomic mass is 32.2. The summed E-state index contributed by atoms with van der Waals surface area (Å²) in [5, 5.41) is 15.4. The van der Waals surface area contributed by atoms with E-state index >= 15 is 0 Å². The Kier molecular flexibility index (Phi) is 7.19. The van der Waals surface area contributed by atoms with E-state index in [-0.39, 0.29) is 17.5 Å². The Bertz CT molecular complexity index is 1210. The third-order valence-electron chi connectivity index (χ3n) is 5.73. The van der Waals surface area contributed by atoms with Gasteiger partial charge in [0.1, 0.15) is 9.84 Å². The molecule has 1 aliphatic heterocycles. The van der Waals surface area contributed by atoms with Gasteiger partial charge in [0.05, 0.1) is 17.2 Å². The maximum absolute atomic E-state index is 11.8. The summed E-state index contributed by atoms with van der Waals surface area (Å²) in [6, 6.07) is 20.1. The lowest BCUT2D eigenvalue weighted by atomic mass is 9.98. The molecule has 170 valence electrons. The molecule has 1 saturated heterocycles. The van der Waals surface area contributed by atoms with Crippen LogP contribution < -0.4 is 10.6 Å². The number of pyridine rings is 1. The number of hydrogen-bond acceptors (Lipinski definition) is 6. The molecular formula is C26H28N4O2S. The van der Waals surface area contributed by atoms with Crippen molar-refractivity contribution in [1.29, 1.82) is 5.41 Å². The highest BCUT2D eigenvalue weighted by Gasteiger charge is 2.24. The molecule has 0 atom stereocenters. The Hall–Kier alpha value is -3.45. The van der Waals surface area contributed by atoms with Gasteiger partial charge in [-0.1, -0.05) is 42.5 Å². The van der Waals surface area contributed by atoms with Gasteiger partial charge in [0.15, 0.2) is 0 Å². The Morgan fingerprint density at radius 2 is 1.82 bits per heavy atom. The van der Waals surface area contributed by atoms with Gasteiger partial charge in [-0.15, -0.1) is 0 Å². The number of benzene rings is 2. The number of hydrogen-bond donors (Lipinski definition) is 3. The van der Waals surface area contributed by atoms with E-state index in [9.17, 15) is 8.42 Å². The first kappa shape index (κ1) is 22.7. The first-order chi connectivity index (χ1) is 16.0. The molecule has 33 heavy (non-hydrogen) atoms. The van der Waals surface area contributed by atoms with Crippen LogP contribution in [0.3, 0.4) is 0 Å². The van der Waals surface area contributed by atoms with E-state index in [2.05, 4.69) is 15.6 Å². The fourth-order valence-corrected chi connectivity index (χ4v) is 5.36. The molecule has 7 heteroatoms. The van der Waals surface area contributed by atoms with Gasteiger partial charge in [-0.2, -0.15) is 0 Å². The van der Waals surface area contributed by atoms with E-state index in [0.717, 1.165) is 27.9 Å². The van der Waals surface area contributed by atoms with Crippen LogP contribution in [0.4, 0.5) is 5.69 Å². The average Bonchev–Trinajstić information content (AvgIpc) is 2.84. The number of sulfone groups is 1. The van der Waals surface area contributed by atoms with Crippen LogP contribution in [-0.4, -0.2) is 36.7 Å². The number of rotatable bonds is 8. The lowest BCUT2D eigenvalue weighted by Gasteiger charge is -2.25. The lowest BCUT2D eigenvalue weighted by molar-refractivity contribution is 0.559. The van der Waals surface area contributed by atoms with Gasteiger partial charge in [0.25, 0.3) is 0 Å². The number of nitrogens with zero attached hydrogens (tertiary/aromatic N) is 1. The van der Waals surface area contributed by atoms with E-state index in [1.807, 2.05) is 66.9 Å². The van der Waals surface area contributed by atoms with Crippen molar-refractivity contribution >= 4 is 21.2 Å². The van der Waals surface area contributed by atoms with Crippen molar-refractivity contribution in [3.05, 3.63) is 96.5 Å². The number of anilines is 1. The molecule has 6 nitrogen and oxygen atoms in total. The van der Waals surface area contributed by atoms with Crippen molar-refractivity contribution in [1.82, 2.24) is 10.3 Å². The lowest BCUT2D eigenvalue weighted by Crippen LogP contribution is -2.32. The van der Waals surface area contributed by atoms with Crippen LogP contribution in [0.15, 0.2) is 85.3 Å². The molecule has 1 aliphatic rings. The topological polar surface area (TPSA) is 94.9 Å². The summed E-state index contributed by atoms with van der Waals surface area (Å²) in [4.78, 5) is 4.11. The number of allylic oxidation sites excluding steroid dienone is 1. The maximum Gasteiger partial charge on any atom is 0.150 e. The van der Waals surface area contributed by atoms with Crippen molar-refractivity contribution in [2.75, 3.05) is 16.8 Å². The van der Waals surface area contributed by atoms with Gasteiger partial charge < -0.3 is 16.0 Å².